The van der Waals surface area contributed by atoms with Crippen molar-refractivity contribution in [3.8, 4) is 0 Å². The molecule has 0 radical (unpaired) electrons. The molecular formula is C14H13BrN2O2. The van der Waals surface area contributed by atoms with Gasteiger partial charge in [0.05, 0.1) is 0 Å². The third-order valence-electron chi connectivity index (χ3n) is 3.30. The topological polar surface area (TPSA) is 59.5 Å². The van der Waals surface area contributed by atoms with Gasteiger partial charge in [-0.25, -0.2) is 0 Å². The minimum Gasteiger partial charge on any atom is -0.464 e. The average Bonchev–Trinajstić information content (AvgIpc) is 2.82. The summed E-state index contributed by atoms with van der Waals surface area (Å²) in [4.78, 5) is 13.7. The van der Waals surface area contributed by atoms with Gasteiger partial charge in [0.15, 0.2) is 0 Å². The van der Waals surface area contributed by atoms with Crippen molar-refractivity contribution in [3.05, 3.63) is 52.4 Å². The number of furan rings is 1. The molecule has 1 aliphatic heterocycles. The number of hydrogen-bond acceptors (Lipinski definition) is 3. The third kappa shape index (κ3) is 1.99. The maximum absolute atomic E-state index is 12.0. The van der Waals surface area contributed by atoms with E-state index in [1.54, 1.807) is 4.90 Å². The summed E-state index contributed by atoms with van der Waals surface area (Å²) in [6.07, 6.45) is 0. The lowest BCUT2D eigenvalue weighted by Crippen LogP contribution is -2.63. The highest BCUT2D eigenvalue weighted by atomic mass is 79.9. The van der Waals surface area contributed by atoms with Crippen LogP contribution in [0.15, 0.2) is 45.3 Å². The van der Waals surface area contributed by atoms with Crippen molar-refractivity contribution in [2.24, 2.45) is 5.73 Å². The van der Waals surface area contributed by atoms with E-state index >= 15 is 0 Å². The number of β-lactam (4-membered cyclic amide) rings is 1. The van der Waals surface area contributed by atoms with Crippen molar-refractivity contribution in [2.45, 2.75) is 19.0 Å². The van der Waals surface area contributed by atoms with Crippen LogP contribution >= 0.6 is 15.9 Å². The molecule has 3 rings (SSSR count). The van der Waals surface area contributed by atoms with Gasteiger partial charge in [-0.05, 0) is 43.3 Å². The molecule has 1 aromatic heterocycles. The van der Waals surface area contributed by atoms with Gasteiger partial charge in [0.2, 0.25) is 5.91 Å². The second kappa shape index (κ2) is 4.51. The zero-order valence-electron chi connectivity index (χ0n) is 10.3. The largest absolute Gasteiger partial charge is 0.464 e. The van der Waals surface area contributed by atoms with Crippen LogP contribution in [0.2, 0.25) is 0 Å². The second-order valence-corrected chi connectivity index (χ2v) is 5.52. The molecule has 19 heavy (non-hydrogen) atoms. The number of halogens is 1. The smallest absolute Gasteiger partial charge is 0.247 e. The molecule has 0 bridgehead atoms. The van der Waals surface area contributed by atoms with Gasteiger partial charge in [-0.3, -0.25) is 9.69 Å². The molecule has 4 nitrogen and oxygen atoms in total. The van der Waals surface area contributed by atoms with Gasteiger partial charge < -0.3 is 10.2 Å². The summed E-state index contributed by atoms with van der Waals surface area (Å²) in [6.45, 7) is 1.87. The Morgan fingerprint density at radius 1 is 1.21 bits per heavy atom. The first kappa shape index (κ1) is 12.4. The molecule has 1 fully saturated rings. The molecule has 0 spiro atoms. The zero-order chi connectivity index (χ0) is 13.6. The molecule has 1 aromatic carbocycles. The Balaban J connectivity index is 1.95. The lowest BCUT2D eigenvalue weighted by atomic mass is 9.92. The molecule has 0 unspecified atom stereocenters. The summed E-state index contributed by atoms with van der Waals surface area (Å²) in [5.41, 5.74) is 6.73. The van der Waals surface area contributed by atoms with Crippen LogP contribution in [-0.2, 0) is 4.79 Å². The Bertz CT molecular complexity index is 621. The lowest BCUT2D eigenvalue weighted by Gasteiger charge is -2.44. The molecule has 1 saturated heterocycles. The standard InChI is InChI=1S/C14H13BrN2O2/c1-8-2-7-11(19-8)13-12(16)14(18)17(13)10-5-3-9(15)4-6-10/h2-7,12-13H,16H2,1H3/t12-,13+/m0/s1. The normalized spacial score (nSPS) is 22.5. The van der Waals surface area contributed by atoms with Crippen molar-refractivity contribution >= 4 is 27.5 Å². The van der Waals surface area contributed by atoms with Crippen molar-refractivity contribution in [3.63, 3.8) is 0 Å². The monoisotopic (exact) mass is 320 g/mol. The molecule has 0 saturated carbocycles. The summed E-state index contributed by atoms with van der Waals surface area (Å²) in [6, 6.07) is 10.6. The molecule has 2 heterocycles. The number of amides is 1. The maximum atomic E-state index is 12.0. The Hall–Kier alpha value is -1.59. The molecule has 2 aromatic rings. The summed E-state index contributed by atoms with van der Waals surface area (Å²) in [5.74, 6) is 1.46. The maximum Gasteiger partial charge on any atom is 0.247 e. The van der Waals surface area contributed by atoms with E-state index in [2.05, 4.69) is 15.9 Å². The predicted molar refractivity (Wildman–Crippen MR) is 75.8 cm³/mol. The number of aryl methyl sites for hydroxylation is 1. The van der Waals surface area contributed by atoms with Crippen molar-refractivity contribution in [1.29, 1.82) is 0 Å². The fraction of sp³-hybridized carbons (Fsp3) is 0.214. The Morgan fingerprint density at radius 2 is 1.89 bits per heavy atom. The summed E-state index contributed by atoms with van der Waals surface area (Å²) >= 11 is 3.38. The van der Waals surface area contributed by atoms with Crippen molar-refractivity contribution in [1.82, 2.24) is 0 Å². The minimum atomic E-state index is -0.533. The molecule has 2 N–H and O–H groups in total. The number of carbonyl (C=O) groups excluding carboxylic acids is 1. The lowest BCUT2D eigenvalue weighted by molar-refractivity contribution is -0.126. The summed E-state index contributed by atoms with van der Waals surface area (Å²) in [7, 11) is 0. The fourth-order valence-corrected chi connectivity index (χ4v) is 2.58. The van der Waals surface area contributed by atoms with Gasteiger partial charge in [-0.2, -0.15) is 0 Å². The van der Waals surface area contributed by atoms with E-state index in [0.717, 1.165) is 21.7 Å². The summed E-state index contributed by atoms with van der Waals surface area (Å²) in [5, 5.41) is 0. The van der Waals surface area contributed by atoms with Gasteiger partial charge >= 0.3 is 0 Å². The third-order valence-corrected chi connectivity index (χ3v) is 3.83. The zero-order valence-corrected chi connectivity index (χ0v) is 11.9. The fourth-order valence-electron chi connectivity index (χ4n) is 2.32. The van der Waals surface area contributed by atoms with Crippen LogP contribution < -0.4 is 10.6 Å². The van der Waals surface area contributed by atoms with Gasteiger partial charge in [0.1, 0.15) is 23.6 Å². The first-order valence-corrected chi connectivity index (χ1v) is 6.78. The van der Waals surface area contributed by atoms with E-state index in [9.17, 15) is 4.79 Å². The molecule has 98 valence electrons. The van der Waals surface area contributed by atoms with E-state index in [1.807, 2.05) is 43.3 Å². The van der Waals surface area contributed by atoms with Gasteiger partial charge in [-0.1, -0.05) is 15.9 Å². The first-order chi connectivity index (χ1) is 9.08. The average molecular weight is 321 g/mol. The Kier molecular flexibility index (Phi) is 2.95. The van der Waals surface area contributed by atoms with Crippen LogP contribution in [0, 0.1) is 6.92 Å². The van der Waals surface area contributed by atoms with Crippen LogP contribution in [0.1, 0.15) is 17.6 Å². The molecule has 1 aliphatic rings. The van der Waals surface area contributed by atoms with E-state index in [4.69, 9.17) is 10.2 Å². The SMILES string of the molecule is Cc1ccc([C@@H]2[C@H](N)C(=O)N2c2ccc(Br)cc2)o1. The van der Waals surface area contributed by atoms with E-state index in [-0.39, 0.29) is 11.9 Å². The minimum absolute atomic E-state index is 0.0821. The first-order valence-electron chi connectivity index (χ1n) is 5.98. The van der Waals surface area contributed by atoms with Crippen molar-refractivity contribution < 1.29 is 9.21 Å². The van der Waals surface area contributed by atoms with Crippen LogP contribution in [0.25, 0.3) is 0 Å². The number of nitrogens with zero attached hydrogens (tertiary/aromatic N) is 1. The van der Waals surface area contributed by atoms with E-state index in [1.165, 1.54) is 0 Å². The van der Waals surface area contributed by atoms with E-state index < -0.39 is 6.04 Å². The van der Waals surface area contributed by atoms with Gasteiger partial charge in [0, 0.05) is 10.2 Å². The number of rotatable bonds is 2. The number of anilines is 1. The van der Waals surface area contributed by atoms with Gasteiger partial charge in [0.25, 0.3) is 0 Å². The van der Waals surface area contributed by atoms with Crippen molar-refractivity contribution in [2.75, 3.05) is 4.90 Å². The molecule has 0 aliphatic carbocycles. The van der Waals surface area contributed by atoms with Crippen LogP contribution in [0.3, 0.4) is 0 Å². The van der Waals surface area contributed by atoms with Crippen LogP contribution in [-0.4, -0.2) is 11.9 Å². The predicted octanol–water partition coefficient (Wildman–Crippen LogP) is 2.77. The highest BCUT2D eigenvalue weighted by Gasteiger charge is 2.48. The van der Waals surface area contributed by atoms with Gasteiger partial charge in [-0.15, -0.1) is 0 Å². The van der Waals surface area contributed by atoms with E-state index in [0.29, 0.717) is 0 Å². The van der Waals surface area contributed by atoms with Crippen LogP contribution in [0.4, 0.5) is 5.69 Å². The number of hydrogen-bond donors (Lipinski definition) is 1. The highest BCUT2D eigenvalue weighted by molar-refractivity contribution is 9.10. The molecule has 5 heteroatoms. The Labute approximate surface area is 119 Å². The number of carbonyl (C=O) groups is 1. The van der Waals surface area contributed by atoms with Crippen LogP contribution in [0.5, 0.6) is 0 Å². The number of nitrogens with two attached hydrogens (primary N) is 1. The molecule has 2 atom stereocenters. The summed E-state index contributed by atoms with van der Waals surface area (Å²) < 4.78 is 6.57. The second-order valence-electron chi connectivity index (χ2n) is 4.60. The quantitative estimate of drug-likeness (QED) is 0.865. The number of benzene rings is 1. The molecule has 1 amide bonds. The molecular weight excluding hydrogens is 308 g/mol. The Morgan fingerprint density at radius 3 is 2.47 bits per heavy atom. The highest BCUT2D eigenvalue weighted by Crippen LogP contribution is 2.38.